The van der Waals surface area contributed by atoms with Crippen LogP contribution in [0.5, 0.6) is 0 Å². The SMILES string of the molecule is CCCCCCCCCCCCCCCCCC(CCCCCCCCCCCC)c1nccn1C(C)CCCCCCCCCC. The Labute approximate surface area is 297 Å². The standard InChI is InChI=1S/C45H88N2/c1-5-8-11-14-17-20-22-23-24-25-26-28-31-34-37-40-44(39-36-33-30-27-21-18-15-12-9-6-2)45-46-41-42-47(45)43(4)38-35-32-29-19-16-13-10-7-3/h41-44H,5-40H2,1-4H3. The molecule has 0 fully saturated rings. The third kappa shape index (κ3) is 26.7. The minimum absolute atomic E-state index is 0.587. The van der Waals surface area contributed by atoms with Crippen LogP contribution in [0.15, 0.2) is 12.4 Å². The summed E-state index contributed by atoms with van der Waals surface area (Å²) in [7, 11) is 0. The molecule has 0 amide bonds. The number of hydrogen-bond acceptors (Lipinski definition) is 1. The van der Waals surface area contributed by atoms with Gasteiger partial charge in [-0.2, -0.15) is 0 Å². The van der Waals surface area contributed by atoms with Crippen LogP contribution < -0.4 is 0 Å². The van der Waals surface area contributed by atoms with E-state index in [2.05, 4.69) is 44.7 Å². The van der Waals surface area contributed by atoms with Gasteiger partial charge in [-0.05, 0) is 26.2 Å². The summed E-state index contributed by atoms with van der Waals surface area (Å²) in [6.45, 7) is 9.40. The van der Waals surface area contributed by atoms with Gasteiger partial charge in [0.05, 0.1) is 0 Å². The largest absolute Gasteiger partial charge is 0.332 e. The molecule has 0 saturated carbocycles. The first-order chi connectivity index (χ1) is 23.2. The Balaban J connectivity index is 2.37. The molecule has 2 nitrogen and oxygen atoms in total. The van der Waals surface area contributed by atoms with Gasteiger partial charge in [-0.1, -0.05) is 233 Å². The number of imidazole rings is 1. The molecule has 0 saturated heterocycles. The molecule has 1 aromatic rings. The fourth-order valence-electron chi connectivity index (χ4n) is 7.77. The summed E-state index contributed by atoms with van der Waals surface area (Å²) in [6, 6.07) is 0.587. The Morgan fingerprint density at radius 2 is 0.681 bits per heavy atom. The van der Waals surface area contributed by atoms with Crippen LogP contribution in [0, 0.1) is 0 Å². The third-order valence-corrected chi connectivity index (χ3v) is 11.1. The van der Waals surface area contributed by atoms with E-state index in [4.69, 9.17) is 4.98 Å². The smallest absolute Gasteiger partial charge is 0.111 e. The number of hydrogen-bond donors (Lipinski definition) is 0. The van der Waals surface area contributed by atoms with Crippen LogP contribution in [0.3, 0.4) is 0 Å². The van der Waals surface area contributed by atoms with E-state index in [-0.39, 0.29) is 0 Å². The van der Waals surface area contributed by atoms with E-state index in [9.17, 15) is 0 Å². The van der Waals surface area contributed by atoms with Gasteiger partial charge in [0.2, 0.25) is 0 Å². The molecule has 0 bridgehead atoms. The Morgan fingerprint density at radius 1 is 0.404 bits per heavy atom. The van der Waals surface area contributed by atoms with E-state index < -0.39 is 0 Å². The quantitative estimate of drug-likeness (QED) is 0.0648. The van der Waals surface area contributed by atoms with Crippen LogP contribution in [0.25, 0.3) is 0 Å². The van der Waals surface area contributed by atoms with Gasteiger partial charge in [0.1, 0.15) is 5.82 Å². The summed E-state index contributed by atoms with van der Waals surface area (Å²) >= 11 is 0. The molecule has 0 N–H and O–H groups in total. The third-order valence-electron chi connectivity index (χ3n) is 11.1. The number of nitrogens with zero attached hydrogens (tertiary/aromatic N) is 2. The lowest BCUT2D eigenvalue weighted by Gasteiger charge is -2.22. The molecule has 0 aliphatic carbocycles. The predicted molar refractivity (Wildman–Crippen MR) is 213 cm³/mol. The first-order valence-electron chi connectivity index (χ1n) is 22.3. The van der Waals surface area contributed by atoms with E-state index >= 15 is 0 Å². The molecule has 2 unspecified atom stereocenters. The van der Waals surface area contributed by atoms with Crippen molar-refractivity contribution in [3.05, 3.63) is 18.2 Å². The summed E-state index contributed by atoms with van der Waals surface area (Å²) in [5.74, 6) is 2.07. The zero-order chi connectivity index (χ0) is 33.9. The summed E-state index contributed by atoms with van der Waals surface area (Å²) in [6.07, 6.45) is 55.6. The zero-order valence-electron chi connectivity index (χ0n) is 33.2. The molecule has 0 radical (unpaired) electrons. The normalized spacial score (nSPS) is 13.0. The highest BCUT2D eigenvalue weighted by Gasteiger charge is 2.19. The van der Waals surface area contributed by atoms with E-state index in [1.165, 1.54) is 237 Å². The minimum atomic E-state index is 0.587. The van der Waals surface area contributed by atoms with Gasteiger partial charge in [0, 0.05) is 24.4 Å². The van der Waals surface area contributed by atoms with Crippen LogP contribution >= 0.6 is 0 Å². The fraction of sp³-hybridized carbons (Fsp3) is 0.933. The van der Waals surface area contributed by atoms with Crippen LogP contribution in [-0.2, 0) is 0 Å². The van der Waals surface area contributed by atoms with Crippen LogP contribution in [0.4, 0.5) is 0 Å². The Morgan fingerprint density at radius 3 is 1.00 bits per heavy atom. The summed E-state index contributed by atoms with van der Waals surface area (Å²) in [4.78, 5) is 5.04. The highest BCUT2D eigenvalue weighted by Crippen LogP contribution is 2.31. The van der Waals surface area contributed by atoms with E-state index in [1.54, 1.807) is 0 Å². The molecule has 0 aromatic carbocycles. The lowest BCUT2D eigenvalue weighted by Crippen LogP contribution is -2.13. The second-order valence-corrected chi connectivity index (χ2v) is 15.7. The van der Waals surface area contributed by atoms with Crippen molar-refractivity contribution in [1.82, 2.24) is 9.55 Å². The molecule has 1 rings (SSSR count). The van der Waals surface area contributed by atoms with Crippen LogP contribution in [0.2, 0.25) is 0 Å². The second kappa shape index (κ2) is 35.1. The Hall–Kier alpha value is -0.790. The second-order valence-electron chi connectivity index (χ2n) is 15.7. The van der Waals surface area contributed by atoms with Crippen molar-refractivity contribution in [3.63, 3.8) is 0 Å². The highest BCUT2D eigenvalue weighted by atomic mass is 15.1. The molecular formula is C45H88N2. The lowest BCUT2D eigenvalue weighted by molar-refractivity contribution is 0.412. The van der Waals surface area contributed by atoms with Crippen LogP contribution in [0.1, 0.15) is 277 Å². The first-order valence-corrected chi connectivity index (χ1v) is 22.3. The fourth-order valence-corrected chi connectivity index (χ4v) is 7.77. The monoisotopic (exact) mass is 657 g/mol. The Bertz CT molecular complexity index is 723. The van der Waals surface area contributed by atoms with Crippen molar-refractivity contribution >= 4 is 0 Å². The van der Waals surface area contributed by atoms with Gasteiger partial charge in [0.25, 0.3) is 0 Å². The van der Waals surface area contributed by atoms with Crippen molar-refractivity contribution in [2.45, 2.75) is 271 Å². The number of rotatable bonds is 38. The molecule has 278 valence electrons. The van der Waals surface area contributed by atoms with Crippen molar-refractivity contribution in [3.8, 4) is 0 Å². The molecular weight excluding hydrogens is 569 g/mol. The number of unbranched alkanes of at least 4 members (excludes halogenated alkanes) is 30. The van der Waals surface area contributed by atoms with Crippen molar-refractivity contribution in [2.75, 3.05) is 0 Å². The first kappa shape index (κ1) is 44.2. The molecule has 0 spiro atoms. The van der Waals surface area contributed by atoms with Crippen LogP contribution in [-0.4, -0.2) is 9.55 Å². The highest BCUT2D eigenvalue weighted by molar-refractivity contribution is 5.02. The topological polar surface area (TPSA) is 17.8 Å². The van der Waals surface area contributed by atoms with E-state index in [0.717, 1.165) is 0 Å². The van der Waals surface area contributed by atoms with Gasteiger partial charge in [-0.3, -0.25) is 0 Å². The van der Waals surface area contributed by atoms with Gasteiger partial charge < -0.3 is 4.57 Å². The molecule has 2 heteroatoms. The molecule has 47 heavy (non-hydrogen) atoms. The predicted octanol–water partition coefficient (Wildman–Crippen LogP) is 16.6. The summed E-state index contributed by atoms with van der Waals surface area (Å²) < 4.78 is 2.59. The van der Waals surface area contributed by atoms with Crippen molar-refractivity contribution in [2.24, 2.45) is 0 Å². The summed E-state index contributed by atoms with van der Waals surface area (Å²) in [5, 5.41) is 0. The average molecular weight is 657 g/mol. The summed E-state index contributed by atoms with van der Waals surface area (Å²) in [5.41, 5.74) is 0. The zero-order valence-corrected chi connectivity index (χ0v) is 33.2. The van der Waals surface area contributed by atoms with Gasteiger partial charge in [-0.25, -0.2) is 4.98 Å². The molecule has 2 atom stereocenters. The average Bonchev–Trinajstić information content (AvgIpc) is 3.57. The molecule has 1 heterocycles. The molecule has 0 aliphatic rings. The van der Waals surface area contributed by atoms with E-state index in [1.807, 2.05) is 0 Å². The number of aromatic nitrogens is 2. The van der Waals surface area contributed by atoms with E-state index in [0.29, 0.717) is 12.0 Å². The maximum Gasteiger partial charge on any atom is 0.111 e. The van der Waals surface area contributed by atoms with Gasteiger partial charge in [-0.15, -0.1) is 0 Å². The minimum Gasteiger partial charge on any atom is -0.332 e. The van der Waals surface area contributed by atoms with Crippen molar-refractivity contribution < 1.29 is 0 Å². The lowest BCUT2D eigenvalue weighted by atomic mass is 9.92. The maximum atomic E-state index is 5.04. The van der Waals surface area contributed by atoms with Crippen molar-refractivity contribution in [1.29, 1.82) is 0 Å². The Kier molecular flexibility index (Phi) is 33.0. The maximum absolute atomic E-state index is 5.04. The molecule has 1 aromatic heterocycles. The molecule has 0 aliphatic heterocycles. The van der Waals surface area contributed by atoms with Gasteiger partial charge in [0.15, 0.2) is 0 Å². The van der Waals surface area contributed by atoms with Gasteiger partial charge >= 0.3 is 0 Å².